The minimum atomic E-state index is 0.00611. The molecule has 1 N–H and O–H groups in total. The maximum absolute atomic E-state index is 11.9. The van der Waals surface area contributed by atoms with Gasteiger partial charge in [0.15, 0.2) is 0 Å². The molecule has 3 aliphatic heterocycles. The molecule has 16 heavy (non-hydrogen) atoms. The Bertz CT molecular complexity index is 275. The van der Waals surface area contributed by atoms with Crippen molar-refractivity contribution in [2.75, 3.05) is 19.8 Å². The van der Waals surface area contributed by atoms with Crippen LogP contribution in [0.25, 0.3) is 0 Å². The highest BCUT2D eigenvalue weighted by molar-refractivity contribution is 5.74. The van der Waals surface area contributed by atoms with E-state index in [1.54, 1.807) is 0 Å². The van der Waals surface area contributed by atoms with Crippen LogP contribution < -0.4 is 5.32 Å². The first-order chi connectivity index (χ1) is 7.83. The summed E-state index contributed by atoms with van der Waals surface area (Å²) in [5.41, 5.74) is 0. The molecule has 0 aromatic rings. The summed E-state index contributed by atoms with van der Waals surface area (Å²) in [5.74, 6) is 0.545. The van der Waals surface area contributed by atoms with Crippen molar-refractivity contribution in [3.63, 3.8) is 0 Å². The van der Waals surface area contributed by atoms with Crippen LogP contribution in [0.15, 0.2) is 0 Å². The first-order valence-electron chi connectivity index (χ1n) is 6.33. The molecule has 0 aromatic heterocycles. The lowest BCUT2D eigenvalue weighted by Crippen LogP contribution is -2.31. The second-order valence-electron chi connectivity index (χ2n) is 5.25. The standard InChI is InChI=1S/C12H19NO3/c14-12(16-7-8-3-4-15-6-8)10-5-9-1-2-11(10)13-9/h8-11,13H,1-7H2. The first kappa shape index (κ1) is 10.5. The quantitative estimate of drug-likeness (QED) is 0.718. The van der Waals surface area contributed by atoms with Crippen LogP contribution in [0.3, 0.4) is 0 Å². The molecule has 2 bridgehead atoms. The predicted octanol–water partition coefficient (Wildman–Crippen LogP) is 0.707. The molecule has 3 aliphatic rings. The predicted molar refractivity (Wildman–Crippen MR) is 57.9 cm³/mol. The zero-order valence-corrected chi connectivity index (χ0v) is 9.48. The molecule has 3 fully saturated rings. The van der Waals surface area contributed by atoms with E-state index in [1.165, 1.54) is 6.42 Å². The van der Waals surface area contributed by atoms with E-state index in [0.29, 0.717) is 24.6 Å². The van der Waals surface area contributed by atoms with Gasteiger partial charge in [-0.2, -0.15) is 0 Å². The van der Waals surface area contributed by atoms with Gasteiger partial charge < -0.3 is 14.8 Å². The zero-order chi connectivity index (χ0) is 11.0. The molecule has 0 amide bonds. The Morgan fingerprint density at radius 1 is 1.38 bits per heavy atom. The largest absolute Gasteiger partial charge is 0.465 e. The van der Waals surface area contributed by atoms with Crippen LogP contribution >= 0.6 is 0 Å². The van der Waals surface area contributed by atoms with E-state index in [1.807, 2.05) is 0 Å². The first-order valence-corrected chi connectivity index (χ1v) is 6.33. The lowest BCUT2D eigenvalue weighted by Gasteiger charge is -2.19. The summed E-state index contributed by atoms with van der Waals surface area (Å²) in [5, 5.41) is 3.46. The Labute approximate surface area is 95.7 Å². The van der Waals surface area contributed by atoms with Gasteiger partial charge in [-0.3, -0.25) is 4.79 Å². The second-order valence-corrected chi connectivity index (χ2v) is 5.25. The average Bonchev–Trinajstić information content (AvgIpc) is 3.01. The smallest absolute Gasteiger partial charge is 0.310 e. The van der Waals surface area contributed by atoms with Crippen LogP contribution in [0.4, 0.5) is 0 Å². The molecule has 4 heteroatoms. The molecular formula is C12H19NO3. The topological polar surface area (TPSA) is 47.6 Å². The number of nitrogens with one attached hydrogen (secondary N) is 1. The van der Waals surface area contributed by atoms with Gasteiger partial charge in [-0.1, -0.05) is 0 Å². The van der Waals surface area contributed by atoms with E-state index < -0.39 is 0 Å². The third-order valence-corrected chi connectivity index (χ3v) is 4.09. The fourth-order valence-electron chi connectivity index (χ4n) is 3.11. The van der Waals surface area contributed by atoms with Gasteiger partial charge in [-0.15, -0.1) is 0 Å². The minimum absolute atomic E-state index is 0.00611. The van der Waals surface area contributed by atoms with E-state index >= 15 is 0 Å². The fourth-order valence-corrected chi connectivity index (χ4v) is 3.11. The molecule has 4 atom stereocenters. The monoisotopic (exact) mass is 225 g/mol. The van der Waals surface area contributed by atoms with Crippen molar-refractivity contribution in [2.24, 2.45) is 11.8 Å². The Balaban J connectivity index is 1.46. The van der Waals surface area contributed by atoms with Gasteiger partial charge in [0.2, 0.25) is 0 Å². The highest BCUT2D eigenvalue weighted by atomic mass is 16.5. The third-order valence-electron chi connectivity index (χ3n) is 4.09. The number of esters is 1. The SMILES string of the molecule is O=C(OCC1CCOC1)C1CC2CCC1N2. The summed E-state index contributed by atoms with van der Waals surface area (Å²) >= 11 is 0. The van der Waals surface area contributed by atoms with Crippen LogP contribution in [-0.4, -0.2) is 37.9 Å². The molecule has 4 nitrogen and oxygen atoms in total. The molecule has 0 saturated carbocycles. The van der Waals surface area contributed by atoms with E-state index in [-0.39, 0.29) is 11.9 Å². The number of rotatable bonds is 3. The van der Waals surface area contributed by atoms with Gasteiger partial charge in [0.05, 0.1) is 19.1 Å². The average molecular weight is 225 g/mol. The fraction of sp³-hybridized carbons (Fsp3) is 0.917. The molecule has 0 spiro atoms. The third kappa shape index (κ3) is 1.96. The lowest BCUT2D eigenvalue weighted by molar-refractivity contribution is -0.150. The van der Waals surface area contributed by atoms with Gasteiger partial charge in [0, 0.05) is 24.6 Å². The van der Waals surface area contributed by atoms with Gasteiger partial charge in [0.25, 0.3) is 0 Å². The molecule has 3 heterocycles. The molecule has 3 rings (SSSR count). The molecule has 3 saturated heterocycles. The Hall–Kier alpha value is -0.610. The number of hydrogen-bond acceptors (Lipinski definition) is 4. The highest BCUT2D eigenvalue weighted by Crippen LogP contribution is 2.34. The van der Waals surface area contributed by atoms with Crippen LogP contribution in [0, 0.1) is 11.8 Å². The number of fused-ring (bicyclic) bond motifs is 2. The van der Waals surface area contributed by atoms with Crippen LogP contribution in [0.5, 0.6) is 0 Å². The van der Waals surface area contributed by atoms with Gasteiger partial charge in [-0.25, -0.2) is 0 Å². The van der Waals surface area contributed by atoms with Crippen molar-refractivity contribution in [2.45, 2.75) is 37.8 Å². The van der Waals surface area contributed by atoms with Crippen LogP contribution in [0.2, 0.25) is 0 Å². The number of carbonyl (C=O) groups excluding carboxylic acids is 1. The van der Waals surface area contributed by atoms with Crippen LogP contribution in [-0.2, 0) is 14.3 Å². The lowest BCUT2D eigenvalue weighted by atomic mass is 9.89. The normalized spacial score (nSPS) is 41.5. The summed E-state index contributed by atoms with van der Waals surface area (Å²) in [4.78, 5) is 11.9. The highest BCUT2D eigenvalue weighted by Gasteiger charge is 2.43. The molecule has 0 aliphatic carbocycles. The van der Waals surface area contributed by atoms with Crippen molar-refractivity contribution in [3.05, 3.63) is 0 Å². The summed E-state index contributed by atoms with van der Waals surface area (Å²) in [6.45, 7) is 2.12. The maximum Gasteiger partial charge on any atom is 0.310 e. The minimum Gasteiger partial charge on any atom is -0.465 e. The Morgan fingerprint density at radius 2 is 2.31 bits per heavy atom. The van der Waals surface area contributed by atoms with Gasteiger partial charge in [0.1, 0.15) is 0 Å². The molecular weight excluding hydrogens is 206 g/mol. The summed E-state index contributed by atoms with van der Waals surface area (Å²) in [6, 6.07) is 0.953. The number of ether oxygens (including phenoxy) is 2. The van der Waals surface area contributed by atoms with Crippen LogP contribution in [0.1, 0.15) is 25.7 Å². The van der Waals surface area contributed by atoms with E-state index in [4.69, 9.17) is 9.47 Å². The summed E-state index contributed by atoms with van der Waals surface area (Å²) < 4.78 is 10.7. The van der Waals surface area contributed by atoms with Crippen molar-refractivity contribution >= 4 is 5.97 Å². The van der Waals surface area contributed by atoms with Crippen molar-refractivity contribution in [1.29, 1.82) is 0 Å². The number of hydrogen-bond donors (Lipinski definition) is 1. The Morgan fingerprint density at radius 3 is 2.94 bits per heavy atom. The second kappa shape index (κ2) is 4.34. The molecule has 0 aromatic carbocycles. The summed E-state index contributed by atoms with van der Waals surface area (Å²) in [6.07, 6.45) is 4.37. The van der Waals surface area contributed by atoms with E-state index in [9.17, 15) is 4.79 Å². The summed E-state index contributed by atoms with van der Waals surface area (Å²) in [7, 11) is 0. The molecule has 0 radical (unpaired) electrons. The van der Waals surface area contributed by atoms with Crippen molar-refractivity contribution in [3.8, 4) is 0 Å². The van der Waals surface area contributed by atoms with E-state index in [2.05, 4.69) is 5.32 Å². The molecule has 90 valence electrons. The van der Waals surface area contributed by atoms with Gasteiger partial charge in [-0.05, 0) is 25.7 Å². The zero-order valence-electron chi connectivity index (χ0n) is 9.48. The molecule has 4 unspecified atom stereocenters. The maximum atomic E-state index is 11.9. The van der Waals surface area contributed by atoms with Gasteiger partial charge >= 0.3 is 5.97 Å². The van der Waals surface area contributed by atoms with Crippen molar-refractivity contribution < 1.29 is 14.3 Å². The van der Waals surface area contributed by atoms with E-state index in [0.717, 1.165) is 32.5 Å². The number of carbonyl (C=O) groups is 1. The van der Waals surface area contributed by atoms with Crippen molar-refractivity contribution in [1.82, 2.24) is 5.32 Å². The Kier molecular flexibility index (Phi) is 2.86.